The second-order valence-electron chi connectivity index (χ2n) is 1.62. The maximum atomic E-state index is 6.78. The fourth-order valence-electron chi connectivity index (χ4n) is 0.561. The van der Waals surface area contributed by atoms with E-state index in [4.69, 9.17) is 10.2 Å². The first kappa shape index (κ1) is 6.11. The molecule has 1 aromatic rings. The number of furan rings is 1. The Morgan fingerprint density at radius 1 is 1.67 bits per heavy atom. The van der Waals surface area contributed by atoms with Gasteiger partial charge < -0.3 is 4.42 Å². The molecule has 0 amide bonds. The van der Waals surface area contributed by atoms with E-state index in [0.29, 0.717) is 6.54 Å². The molecule has 1 radical (unpaired) electrons. The highest BCUT2D eigenvalue weighted by atomic mass is 16.3. The first-order valence-corrected chi connectivity index (χ1v) is 2.78. The Morgan fingerprint density at radius 2 is 2.56 bits per heavy atom. The van der Waals surface area contributed by atoms with Crippen molar-refractivity contribution in [3.8, 4) is 0 Å². The topological polar surface area (TPSA) is 36.9 Å². The van der Waals surface area contributed by atoms with Crippen molar-refractivity contribution in [1.29, 1.82) is 0 Å². The van der Waals surface area contributed by atoms with E-state index in [9.17, 15) is 0 Å². The molecule has 0 unspecified atom stereocenters. The minimum absolute atomic E-state index is 0.306. The summed E-state index contributed by atoms with van der Waals surface area (Å²) in [7, 11) is 0. The summed E-state index contributed by atoms with van der Waals surface area (Å²) in [6.07, 6.45) is 5.13. The van der Waals surface area contributed by atoms with Crippen LogP contribution >= 0.6 is 0 Å². The molecule has 47 valence electrons. The molecule has 1 rings (SSSR count). The van der Waals surface area contributed by atoms with Crippen molar-refractivity contribution in [2.45, 2.75) is 0 Å². The van der Waals surface area contributed by atoms with Crippen molar-refractivity contribution in [3.63, 3.8) is 0 Å². The quantitative estimate of drug-likeness (QED) is 0.586. The molecule has 0 saturated carbocycles. The monoisotopic (exact) mass is 122 g/mol. The second-order valence-corrected chi connectivity index (χ2v) is 1.62. The van der Waals surface area contributed by atoms with E-state index in [1.807, 2.05) is 12.1 Å². The Labute approximate surface area is 54.0 Å². The molecule has 9 heavy (non-hydrogen) atoms. The standard InChI is InChI=1S/C7H8NO/c8-5-1-3-7-4-2-6-9-7/h1-4,6,8H,5H2/b3-1+. The van der Waals surface area contributed by atoms with Crippen LogP contribution in [0.5, 0.6) is 0 Å². The van der Waals surface area contributed by atoms with Crippen LogP contribution in [0.1, 0.15) is 5.76 Å². The van der Waals surface area contributed by atoms with Crippen molar-refractivity contribution in [3.05, 3.63) is 30.2 Å². The van der Waals surface area contributed by atoms with Gasteiger partial charge in [0.25, 0.3) is 0 Å². The average Bonchev–Trinajstić information content (AvgIpc) is 2.34. The maximum absolute atomic E-state index is 6.78. The molecule has 0 saturated heterocycles. The van der Waals surface area contributed by atoms with Gasteiger partial charge in [-0.05, 0) is 18.2 Å². The molecule has 0 bridgehead atoms. The highest BCUT2D eigenvalue weighted by Gasteiger charge is 1.83. The molecule has 0 atom stereocenters. The van der Waals surface area contributed by atoms with Crippen LogP contribution in [0.15, 0.2) is 28.9 Å². The van der Waals surface area contributed by atoms with Crippen LogP contribution < -0.4 is 5.73 Å². The summed E-state index contributed by atoms with van der Waals surface area (Å²) in [4.78, 5) is 0. The Kier molecular flexibility index (Phi) is 2.10. The van der Waals surface area contributed by atoms with Crippen molar-refractivity contribution in [2.75, 3.05) is 6.54 Å². The van der Waals surface area contributed by atoms with Gasteiger partial charge in [0.2, 0.25) is 0 Å². The van der Waals surface area contributed by atoms with Crippen molar-refractivity contribution >= 4 is 6.08 Å². The van der Waals surface area contributed by atoms with Crippen molar-refractivity contribution < 1.29 is 4.42 Å². The Morgan fingerprint density at radius 3 is 3.11 bits per heavy atom. The van der Waals surface area contributed by atoms with Crippen LogP contribution in [-0.4, -0.2) is 6.54 Å². The van der Waals surface area contributed by atoms with Gasteiger partial charge in [-0.15, -0.1) is 0 Å². The van der Waals surface area contributed by atoms with Gasteiger partial charge in [0.15, 0.2) is 0 Å². The first-order chi connectivity index (χ1) is 4.43. The molecule has 1 aromatic heterocycles. The van der Waals surface area contributed by atoms with E-state index in [0.717, 1.165) is 5.76 Å². The van der Waals surface area contributed by atoms with Gasteiger partial charge in [0, 0.05) is 6.54 Å². The van der Waals surface area contributed by atoms with E-state index >= 15 is 0 Å². The Hall–Kier alpha value is -1.02. The van der Waals surface area contributed by atoms with Gasteiger partial charge >= 0.3 is 0 Å². The molecule has 0 aliphatic carbocycles. The number of rotatable bonds is 2. The van der Waals surface area contributed by atoms with Crippen LogP contribution in [0, 0.1) is 0 Å². The number of nitrogens with one attached hydrogen (secondary N) is 1. The smallest absolute Gasteiger partial charge is 0.126 e. The summed E-state index contributed by atoms with van der Waals surface area (Å²) in [6.45, 7) is 0.306. The van der Waals surface area contributed by atoms with Crippen LogP contribution in [-0.2, 0) is 0 Å². The molecular formula is C7H8NO. The lowest BCUT2D eigenvalue weighted by atomic mass is 10.4. The summed E-state index contributed by atoms with van der Waals surface area (Å²) in [5.41, 5.74) is 6.78. The van der Waals surface area contributed by atoms with E-state index in [1.165, 1.54) is 0 Å². The Bertz CT molecular complexity index is 177. The lowest BCUT2D eigenvalue weighted by Crippen LogP contribution is -1.72. The molecule has 0 aliphatic rings. The van der Waals surface area contributed by atoms with Crippen molar-refractivity contribution in [1.82, 2.24) is 5.73 Å². The van der Waals surface area contributed by atoms with Crippen LogP contribution in [0.3, 0.4) is 0 Å². The normalized spacial score (nSPS) is 10.8. The highest BCUT2D eigenvalue weighted by Crippen LogP contribution is 2.00. The van der Waals surface area contributed by atoms with Gasteiger partial charge in [-0.1, -0.05) is 6.08 Å². The van der Waals surface area contributed by atoms with E-state index in [1.54, 1.807) is 18.4 Å². The van der Waals surface area contributed by atoms with Gasteiger partial charge in [0.05, 0.1) is 6.26 Å². The molecule has 0 aliphatic heterocycles. The van der Waals surface area contributed by atoms with Crippen molar-refractivity contribution in [2.24, 2.45) is 0 Å². The third kappa shape index (κ3) is 1.74. The second kappa shape index (κ2) is 3.10. The average molecular weight is 122 g/mol. The fraction of sp³-hybridized carbons (Fsp3) is 0.143. The van der Waals surface area contributed by atoms with Gasteiger partial charge in [-0.25, -0.2) is 0 Å². The van der Waals surface area contributed by atoms with Crippen LogP contribution in [0.2, 0.25) is 0 Å². The molecule has 0 aromatic carbocycles. The fourth-order valence-corrected chi connectivity index (χ4v) is 0.561. The van der Waals surface area contributed by atoms with Gasteiger partial charge in [-0.2, -0.15) is 0 Å². The zero-order valence-corrected chi connectivity index (χ0v) is 5.00. The summed E-state index contributed by atoms with van der Waals surface area (Å²) >= 11 is 0. The zero-order valence-electron chi connectivity index (χ0n) is 5.00. The first-order valence-electron chi connectivity index (χ1n) is 2.78. The predicted octanol–water partition coefficient (Wildman–Crippen LogP) is 1.58. The SMILES string of the molecule is [NH]C/C=C/c1ccco1. The molecule has 0 fully saturated rings. The summed E-state index contributed by atoms with van der Waals surface area (Å²) in [5.74, 6) is 0.808. The lowest BCUT2D eigenvalue weighted by Gasteiger charge is -1.79. The zero-order chi connectivity index (χ0) is 6.53. The largest absolute Gasteiger partial charge is 0.465 e. The molecule has 1 N–H and O–H groups in total. The minimum Gasteiger partial charge on any atom is -0.465 e. The third-order valence-corrected chi connectivity index (χ3v) is 0.943. The Balaban J connectivity index is 2.57. The van der Waals surface area contributed by atoms with E-state index < -0.39 is 0 Å². The molecule has 2 nitrogen and oxygen atoms in total. The van der Waals surface area contributed by atoms with E-state index in [-0.39, 0.29) is 0 Å². The minimum atomic E-state index is 0.306. The summed E-state index contributed by atoms with van der Waals surface area (Å²) < 4.78 is 4.97. The van der Waals surface area contributed by atoms with Crippen LogP contribution in [0.4, 0.5) is 0 Å². The summed E-state index contributed by atoms with van der Waals surface area (Å²) in [6, 6.07) is 3.68. The van der Waals surface area contributed by atoms with Crippen LogP contribution in [0.25, 0.3) is 6.08 Å². The molecule has 2 heteroatoms. The molecule has 1 heterocycles. The predicted molar refractivity (Wildman–Crippen MR) is 35.7 cm³/mol. The molecular weight excluding hydrogens is 114 g/mol. The number of hydrogen-bond acceptors (Lipinski definition) is 1. The number of hydrogen-bond donors (Lipinski definition) is 0. The molecule has 0 spiro atoms. The third-order valence-electron chi connectivity index (χ3n) is 0.943. The van der Waals surface area contributed by atoms with Gasteiger partial charge in [-0.3, -0.25) is 5.73 Å². The van der Waals surface area contributed by atoms with E-state index in [2.05, 4.69) is 0 Å². The lowest BCUT2D eigenvalue weighted by molar-refractivity contribution is 0.557. The maximum Gasteiger partial charge on any atom is 0.126 e. The highest BCUT2D eigenvalue weighted by molar-refractivity contribution is 5.41. The summed E-state index contributed by atoms with van der Waals surface area (Å²) in [5, 5.41) is 0. The van der Waals surface area contributed by atoms with Gasteiger partial charge in [0.1, 0.15) is 5.76 Å².